The first-order valence-corrected chi connectivity index (χ1v) is 4.85. The highest BCUT2D eigenvalue weighted by atomic mass is 16.8. The third kappa shape index (κ3) is 2.15. The van der Waals surface area contributed by atoms with E-state index in [2.05, 4.69) is 5.16 Å². The van der Waals surface area contributed by atoms with Gasteiger partial charge in [-0.1, -0.05) is 23.4 Å². The molecule has 0 saturated carbocycles. The predicted molar refractivity (Wildman–Crippen MR) is 56.3 cm³/mol. The standard InChI is InChI=1S/C11H12N2O2/c1-9-7-8-13(15-12-9)11(14)10-5-3-2-4-6-10/h2-6H,7-8H2,1H3. The molecule has 0 unspecified atom stereocenters. The van der Waals surface area contributed by atoms with Crippen LogP contribution in [0, 0.1) is 0 Å². The van der Waals surface area contributed by atoms with Gasteiger partial charge in [-0.15, -0.1) is 5.06 Å². The van der Waals surface area contributed by atoms with Crippen molar-refractivity contribution >= 4 is 11.6 Å². The molecule has 4 heteroatoms. The van der Waals surface area contributed by atoms with Crippen LogP contribution in [0.5, 0.6) is 0 Å². The summed E-state index contributed by atoms with van der Waals surface area (Å²) in [5, 5.41) is 5.06. The zero-order chi connectivity index (χ0) is 10.7. The number of carbonyl (C=O) groups is 1. The Hall–Kier alpha value is -1.84. The molecule has 1 amide bonds. The zero-order valence-corrected chi connectivity index (χ0v) is 8.51. The first kappa shape index (κ1) is 9.71. The summed E-state index contributed by atoms with van der Waals surface area (Å²) in [5.74, 6) is -0.146. The van der Waals surface area contributed by atoms with Gasteiger partial charge in [-0.25, -0.2) is 0 Å². The minimum absolute atomic E-state index is 0.146. The first-order valence-electron chi connectivity index (χ1n) is 4.85. The maximum Gasteiger partial charge on any atom is 0.288 e. The summed E-state index contributed by atoms with van der Waals surface area (Å²) in [5.41, 5.74) is 1.53. The van der Waals surface area contributed by atoms with Crippen molar-refractivity contribution in [2.24, 2.45) is 5.16 Å². The highest BCUT2D eigenvalue weighted by molar-refractivity contribution is 5.94. The maximum absolute atomic E-state index is 11.8. The smallest absolute Gasteiger partial charge is 0.266 e. The van der Waals surface area contributed by atoms with Crippen LogP contribution in [0.4, 0.5) is 0 Å². The summed E-state index contributed by atoms with van der Waals surface area (Å²) in [6, 6.07) is 9.04. The lowest BCUT2D eigenvalue weighted by Gasteiger charge is -2.22. The first-order chi connectivity index (χ1) is 7.27. The number of oxime groups is 1. The Bertz CT molecular complexity index is 387. The van der Waals surface area contributed by atoms with Crippen molar-refractivity contribution in [3.05, 3.63) is 35.9 Å². The van der Waals surface area contributed by atoms with Crippen molar-refractivity contribution in [1.82, 2.24) is 5.06 Å². The van der Waals surface area contributed by atoms with Crippen molar-refractivity contribution in [3.63, 3.8) is 0 Å². The lowest BCUT2D eigenvalue weighted by atomic mass is 10.2. The van der Waals surface area contributed by atoms with Gasteiger partial charge in [0.2, 0.25) is 0 Å². The molecule has 1 heterocycles. The Morgan fingerprint density at radius 1 is 1.40 bits per heavy atom. The van der Waals surface area contributed by atoms with E-state index in [4.69, 9.17) is 4.94 Å². The Morgan fingerprint density at radius 3 is 2.73 bits per heavy atom. The van der Waals surface area contributed by atoms with Crippen molar-refractivity contribution in [2.75, 3.05) is 6.54 Å². The molecule has 78 valence electrons. The Kier molecular flexibility index (Phi) is 2.67. The monoisotopic (exact) mass is 204 g/mol. The number of hydrogen-bond donors (Lipinski definition) is 0. The molecule has 0 saturated heterocycles. The van der Waals surface area contributed by atoms with E-state index in [1.54, 1.807) is 12.1 Å². The zero-order valence-electron chi connectivity index (χ0n) is 8.51. The summed E-state index contributed by atoms with van der Waals surface area (Å²) >= 11 is 0. The summed E-state index contributed by atoms with van der Waals surface area (Å²) in [7, 11) is 0. The second kappa shape index (κ2) is 4.13. The lowest BCUT2D eigenvalue weighted by Crippen LogP contribution is -2.34. The van der Waals surface area contributed by atoms with E-state index in [0.717, 1.165) is 12.1 Å². The van der Waals surface area contributed by atoms with Gasteiger partial charge in [0.25, 0.3) is 5.91 Å². The summed E-state index contributed by atoms with van der Waals surface area (Å²) < 4.78 is 0. The minimum atomic E-state index is -0.146. The quantitative estimate of drug-likeness (QED) is 0.700. The highest BCUT2D eigenvalue weighted by Gasteiger charge is 2.20. The Labute approximate surface area is 88.1 Å². The van der Waals surface area contributed by atoms with Crippen LogP contribution in [0.2, 0.25) is 0 Å². The molecular formula is C11H12N2O2. The van der Waals surface area contributed by atoms with E-state index in [0.29, 0.717) is 12.1 Å². The van der Waals surface area contributed by atoms with Crippen LogP contribution >= 0.6 is 0 Å². The van der Waals surface area contributed by atoms with Crippen molar-refractivity contribution in [1.29, 1.82) is 0 Å². The number of benzene rings is 1. The molecule has 0 bridgehead atoms. The fourth-order valence-corrected chi connectivity index (χ4v) is 1.33. The fourth-order valence-electron chi connectivity index (χ4n) is 1.33. The Balaban J connectivity index is 2.10. The molecular weight excluding hydrogens is 192 g/mol. The van der Waals surface area contributed by atoms with Crippen LogP contribution in [-0.2, 0) is 4.94 Å². The summed E-state index contributed by atoms with van der Waals surface area (Å²) in [6.45, 7) is 2.44. The van der Waals surface area contributed by atoms with Crippen molar-refractivity contribution in [2.45, 2.75) is 13.3 Å². The van der Waals surface area contributed by atoms with Crippen LogP contribution in [0.1, 0.15) is 23.7 Å². The highest BCUT2D eigenvalue weighted by Crippen LogP contribution is 2.10. The van der Waals surface area contributed by atoms with Crippen molar-refractivity contribution in [3.8, 4) is 0 Å². The van der Waals surface area contributed by atoms with Crippen LogP contribution in [-0.4, -0.2) is 23.2 Å². The third-order valence-electron chi connectivity index (χ3n) is 2.22. The summed E-state index contributed by atoms with van der Waals surface area (Å²) in [6.07, 6.45) is 0.762. The SMILES string of the molecule is CC1=NON(C(=O)c2ccccc2)CC1. The van der Waals surface area contributed by atoms with Gasteiger partial charge in [-0.05, 0) is 19.1 Å². The van der Waals surface area contributed by atoms with E-state index in [1.807, 2.05) is 25.1 Å². The van der Waals surface area contributed by atoms with Crippen LogP contribution in [0.15, 0.2) is 35.5 Å². The number of hydrogen-bond acceptors (Lipinski definition) is 3. The van der Waals surface area contributed by atoms with Gasteiger partial charge in [-0.3, -0.25) is 9.73 Å². The predicted octanol–water partition coefficient (Wildman–Crippen LogP) is 1.84. The van der Waals surface area contributed by atoms with Gasteiger partial charge in [-0.2, -0.15) is 0 Å². The van der Waals surface area contributed by atoms with Gasteiger partial charge in [0, 0.05) is 12.0 Å². The molecule has 2 rings (SSSR count). The number of nitrogens with zero attached hydrogens (tertiary/aromatic N) is 2. The molecule has 0 radical (unpaired) electrons. The molecule has 1 aromatic rings. The molecule has 0 spiro atoms. The molecule has 0 N–H and O–H groups in total. The van der Waals surface area contributed by atoms with Crippen LogP contribution in [0.3, 0.4) is 0 Å². The van der Waals surface area contributed by atoms with Crippen LogP contribution in [0.25, 0.3) is 0 Å². The average molecular weight is 204 g/mol. The number of rotatable bonds is 1. The van der Waals surface area contributed by atoms with Gasteiger partial charge in [0.1, 0.15) is 0 Å². The fraction of sp³-hybridized carbons (Fsp3) is 0.273. The lowest BCUT2D eigenvalue weighted by molar-refractivity contribution is -0.128. The second-order valence-corrected chi connectivity index (χ2v) is 3.43. The number of amides is 1. The van der Waals surface area contributed by atoms with E-state index >= 15 is 0 Å². The molecule has 1 aliphatic rings. The molecule has 15 heavy (non-hydrogen) atoms. The van der Waals surface area contributed by atoms with E-state index in [1.165, 1.54) is 5.06 Å². The largest absolute Gasteiger partial charge is 0.288 e. The molecule has 0 atom stereocenters. The maximum atomic E-state index is 11.8. The molecule has 0 aromatic heterocycles. The molecule has 1 aromatic carbocycles. The van der Waals surface area contributed by atoms with E-state index in [-0.39, 0.29) is 5.91 Å². The van der Waals surface area contributed by atoms with E-state index in [9.17, 15) is 4.79 Å². The summed E-state index contributed by atoms with van der Waals surface area (Å²) in [4.78, 5) is 16.8. The van der Waals surface area contributed by atoms with Gasteiger partial charge >= 0.3 is 0 Å². The number of carbonyl (C=O) groups excluding carboxylic acids is 1. The molecule has 0 aliphatic carbocycles. The topological polar surface area (TPSA) is 41.9 Å². The average Bonchev–Trinajstić information content (AvgIpc) is 2.30. The van der Waals surface area contributed by atoms with Crippen LogP contribution < -0.4 is 0 Å². The molecule has 1 aliphatic heterocycles. The van der Waals surface area contributed by atoms with Gasteiger partial charge in [0.15, 0.2) is 0 Å². The number of hydroxylamine groups is 2. The minimum Gasteiger partial charge on any atom is -0.266 e. The Morgan fingerprint density at radius 2 is 2.13 bits per heavy atom. The second-order valence-electron chi connectivity index (χ2n) is 3.43. The van der Waals surface area contributed by atoms with Gasteiger partial charge in [0.05, 0.1) is 12.3 Å². The van der Waals surface area contributed by atoms with Crippen molar-refractivity contribution < 1.29 is 9.73 Å². The molecule has 0 fully saturated rings. The van der Waals surface area contributed by atoms with Gasteiger partial charge < -0.3 is 0 Å². The third-order valence-corrected chi connectivity index (χ3v) is 2.22. The molecule has 4 nitrogen and oxygen atoms in total. The normalized spacial score (nSPS) is 15.5. The van der Waals surface area contributed by atoms with E-state index < -0.39 is 0 Å².